The molecule has 0 bridgehead atoms. The summed E-state index contributed by atoms with van der Waals surface area (Å²) < 4.78 is 11.7. The van der Waals surface area contributed by atoms with E-state index in [0.717, 1.165) is 29.9 Å². The minimum absolute atomic E-state index is 0.264. The molecule has 0 aliphatic carbocycles. The molecule has 2 atom stereocenters. The van der Waals surface area contributed by atoms with Gasteiger partial charge in [0, 0.05) is 47.8 Å². The topological polar surface area (TPSA) is 96.7 Å². The molecule has 9 nitrogen and oxygen atoms in total. The summed E-state index contributed by atoms with van der Waals surface area (Å²) in [6, 6.07) is 4.66. The van der Waals surface area contributed by atoms with Crippen LogP contribution in [0.2, 0.25) is 0 Å². The van der Waals surface area contributed by atoms with Crippen molar-refractivity contribution < 1.29 is 9.53 Å². The third-order valence-electron chi connectivity index (χ3n) is 5.61. The van der Waals surface area contributed by atoms with Crippen LogP contribution in [0.5, 0.6) is 5.88 Å². The summed E-state index contributed by atoms with van der Waals surface area (Å²) in [5.41, 5.74) is 3.78. The zero-order chi connectivity index (χ0) is 22.4. The maximum Gasteiger partial charge on any atom is 0.260 e. The zero-order valence-electron chi connectivity index (χ0n) is 18.4. The molecule has 4 heterocycles. The first-order valence-electron chi connectivity index (χ1n) is 10.5. The van der Waals surface area contributed by atoms with Gasteiger partial charge in [0.05, 0.1) is 30.1 Å². The molecular weight excluding hydrogens is 426 g/mol. The number of carbonyl (C=O) groups is 1. The number of aromatic nitrogens is 4. The van der Waals surface area contributed by atoms with Crippen LogP contribution in [0.4, 0.5) is 11.5 Å². The molecule has 1 fully saturated rings. The molecule has 2 N–H and O–H groups in total. The summed E-state index contributed by atoms with van der Waals surface area (Å²) in [5.74, 6) is 0.473. The zero-order valence-corrected chi connectivity index (χ0v) is 19.2. The summed E-state index contributed by atoms with van der Waals surface area (Å²) in [7, 11) is 1.54. The van der Waals surface area contributed by atoms with Crippen molar-refractivity contribution >= 4 is 45.5 Å². The van der Waals surface area contributed by atoms with Crippen molar-refractivity contribution in [2.24, 2.45) is 0 Å². The smallest absolute Gasteiger partial charge is 0.260 e. The van der Waals surface area contributed by atoms with E-state index in [1.54, 1.807) is 10.6 Å². The van der Waals surface area contributed by atoms with Crippen LogP contribution in [-0.4, -0.2) is 56.9 Å². The normalized spacial score (nSPS) is 18.9. The molecule has 4 aromatic rings. The van der Waals surface area contributed by atoms with Gasteiger partial charge in [0.15, 0.2) is 5.82 Å². The first-order chi connectivity index (χ1) is 15.4. The van der Waals surface area contributed by atoms with Crippen LogP contribution in [0.1, 0.15) is 29.9 Å². The number of amides is 1. The number of aryl methyl sites for hydroxylation is 1. The molecule has 1 aliphatic rings. The molecule has 1 aliphatic heterocycles. The van der Waals surface area contributed by atoms with Crippen molar-refractivity contribution in [1.82, 2.24) is 24.1 Å². The Morgan fingerprint density at radius 2 is 2.00 bits per heavy atom. The van der Waals surface area contributed by atoms with Crippen LogP contribution >= 0.6 is 11.5 Å². The van der Waals surface area contributed by atoms with E-state index in [0.29, 0.717) is 40.5 Å². The Morgan fingerprint density at radius 3 is 2.75 bits per heavy atom. The number of imidazole rings is 1. The number of hydrogen-bond acceptors (Lipinski definition) is 8. The van der Waals surface area contributed by atoms with Gasteiger partial charge in [0.2, 0.25) is 5.65 Å². The maximum absolute atomic E-state index is 13.2. The Hall–Kier alpha value is -3.24. The number of rotatable bonds is 4. The summed E-state index contributed by atoms with van der Waals surface area (Å²) in [6.45, 7) is 8.09. The van der Waals surface area contributed by atoms with E-state index in [1.165, 1.54) is 18.6 Å². The fourth-order valence-corrected chi connectivity index (χ4v) is 5.09. The largest absolute Gasteiger partial charge is 0.478 e. The minimum Gasteiger partial charge on any atom is -0.478 e. The van der Waals surface area contributed by atoms with E-state index < -0.39 is 0 Å². The first-order valence-corrected chi connectivity index (χ1v) is 11.4. The summed E-state index contributed by atoms with van der Waals surface area (Å²) in [5, 5.41) is 9.46. The fraction of sp³-hybridized carbons (Fsp3) is 0.364. The van der Waals surface area contributed by atoms with Crippen molar-refractivity contribution in [3.63, 3.8) is 0 Å². The fourth-order valence-electron chi connectivity index (χ4n) is 4.40. The molecule has 1 saturated heterocycles. The van der Waals surface area contributed by atoms with E-state index >= 15 is 0 Å². The van der Waals surface area contributed by atoms with Crippen molar-refractivity contribution in [2.75, 3.05) is 30.4 Å². The minimum atomic E-state index is -0.264. The third-order valence-corrected chi connectivity index (χ3v) is 6.24. The molecule has 0 radical (unpaired) electrons. The molecule has 10 heteroatoms. The number of anilines is 2. The number of nitrogens with one attached hydrogen (secondary N) is 2. The lowest BCUT2D eigenvalue weighted by Crippen LogP contribution is -2.54. The van der Waals surface area contributed by atoms with Crippen LogP contribution in [0, 0.1) is 6.92 Å². The second-order valence-electron chi connectivity index (χ2n) is 8.29. The van der Waals surface area contributed by atoms with E-state index in [1.807, 2.05) is 30.6 Å². The molecule has 166 valence electrons. The van der Waals surface area contributed by atoms with Crippen LogP contribution in [0.15, 0.2) is 29.9 Å². The van der Waals surface area contributed by atoms with Gasteiger partial charge in [-0.05, 0) is 44.4 Å². The lowest BCUT2D eigenvalue weighted by molar-refractivity contribution is 0.102. The molecule has 0 unspecified atom stereocenters. The van der Waals surface area contributed by atoms with Gasteiger partial charge in [0.1, 0.15) is 0 Å². The number of benzene rings is 1. The van der Waals surface area contributed by atoms with Crippen LogP contribution in [0.25, 0.3) is 16.6 Å². The van der Waals surface area contributed by atoms with Gasteiger partial charge in [-0.15, -0.1) is 0 Å². The highest BCUT2D eigenvalue weighted by molar-refractivity contribution is 7.05. The molecule has 0 spiro atoms. The molecule has 5 rings (SSSR count). The average Bonchev–Trinajstić information content (AvgIpc) is 3.37. The number of fused-ring (bicyclic) bond motifs is 2. The van der Waals surface area contributed by atoms with Gasteiger partial charge in [-0.1, -0.05) is 0 Å². The Balaban J connectivity index is 1.47. The van der Waals surface area contributed by atoms with E-state index in [9.17, 15) is 4.79 Å². The van der Waals surface area contributed by atoms with Crippen molar-refractivity contribution in [2.45, 2.75) is 32.9 Å². The second-order valence-corrected chi connectivity index (χ2v) is 8.91. The lowest BCUT2D eigenvalue weighted by atomic mass is 10.1. The molecule has 32 heavy (non-hydrogen) atoms. The average molecular weight is 452 g/mol. The highest BCUT2D eigenvalue weighted by Crippen LogP contribution is 2.32. The van der Waals surface area contributed by atoms with Crippen LogP contribution in [-0.2, 0) is 0 Å². The molecular formula is C22H25N7O2S. The van der Waals surface area contributed by atoms with Gasteiger partial charge in [-0.25, -0.2) is 4.98 Å². The van der Waals surface area contributed by atoms with E-state index in [2.05, 4.69) is 43.7 Å². The van der Waals surface area contributed by atoms with Gasteiger partial charge < -0.3 is 20.3 Å². The number of methoxy groups -OCH3 is 1. The standard InChI is InChI=1S/C22H25N7O2S/c1-12-7-28(8-13(2)23-12)17-6-5-15(19-16(17)11-32-27-19)21(30)25-18-10-29-9-14(3)24-20(29)22(26-18)31-4/h5-6,9-13,23H,7-8H2,1-4H3,(H,25,30)/t12-,13-/m0/s1. The van der Waals surface area contributed by atoms with Crippen LogP contribution in [0.3, 0.4) is 0 Å². The quantitative estimate of drug-likeness (QED) is 0.492. The molecule has 3 aromatic heterocycles. The monoisotopic (exact) mass is 451 g/mol. The number of hydrogen-bond donors (Lipinski definition) is 2. The summed E-state index contributed by atoms with van der Waals surface area (Å²) >= 11 is 1.36. The highest BCUT2D eigenvalue weighted by atomic mass is 32.1. The number of piperazine rings is 1. The number of carbonyl (C=O) groups excluding carboxylic acids is 1. The highest BCUT2D eigenvalue weighted by Gasteiger charge is 2.24. The lowest BCUT2D eigenvalue weighted by Gasteiger charge is -2.38. The second kappa shape index (κ2) is 8.03. The Kier molecular flexibility index (Phi) is 5.18. The SMILES string of the molecule is COc1nc(NC(=O)c2ccc(N3C[C@H](C)N[C@@H](C)C3)c3csnc23)cn2cc(C)nc12. The number of nitrogens with zero attached hydrogens (tertiary/aromatic N) is 5. The molecule has 0 saturated carbocycles. The summed E-state index contributed by atoms with van der Waals surface area (Å²) in [6.07, 6.45) is 3.59. The number of ether oxygens (including phenoxy) is 1. The van der Waals surface area contributed by atoms with Gasteiger partial charge in [0.25, 0.3) is 11.8 Å². The molecule has 1 amide bonds. The molecule has 1 aromatic carbocycles. The van der Waals surface area contributed by atoms with Crippen molar-refractivity contribution in [3.8, 4) is 5.88 Å². The van der Waals surface area contributed by atoms with Gasteiger partial charge >= 0.3 is 0 Å². The predicted molar refractivity (Wildman–Crippen MR) is 126 cm³/mol. The van der Waals surface area contributed by atoms with Crippen molar-refractivity contribution in [3.05, 3.63) is 41.2 Å². The van der Waals surface area contributed by atoms with E-state index in [-0.39, 0.29) is 5.91 Å². The maximum atomic E-state index is 13.2. The van der Waals surface area contributed by atoms with Gasteiger partial charge in [-0.3, -0.25) is 9.20 Å². The third kappa shape index (κ3) is 3.65. The Morgan fingerprint density at radius 1 is 1.22 bits per heavy atom. The van der Waals surface area contributed by atoms with Gasteiger partial charge in [-0.2, -0.15) is 9.36 Å². The first kappa shape index (κ1) is 20.7. The van der Waals surface area contributed by atoms with Crippen LogP contribution < -0.4 is 20.3 Å². The van der Waals surface area contributed by atoms with Crippen molar-refractivity contribution in [1.29, 1.82) is 0 Å². The summed E-state index contributed by atoms with van der Waals surface area (Å²) in [4.78, 5) is 24.4. The predicted octanol–water partition coefficient (Wildman–Crippen LogP) is 3.09. The Bertz CT molecular complexity index is 1300. The van der Waals surface area contributed by atoms with E-state index in [4.69, 9.17) is 4.74 Å². The Labute approximate surface area is 189 Å².